The molecule has 1 fully saturated rings. The molecule has 35 heavy (non-hydrogen) atoms. The summed E-state index contributed by atoms with van der Waals surface area (Å²) in [4.78, 5) is 43.4. The maximum absolute atomic E-state index is 12.9. The highest BCUT2D eigenvalue weighted by atomic mass is 16.6. The number of hydrogen-bond acceptors (Lipinski definition) is 8. The molecule has 2 heterocycles. The van der Waals surface area contributed by atoms with Crippen LogP contribution >= 0.6 is 0 Å². The Hall–Kier alpha value is -2.43. The van der Waals surface area contributed by atoms with Crippen molar-refractivity contribution in [1.29, 1.82) is 0 Å². The number of esters is 2. The van der Waals surface area contributed by atoms with E-state index in [1.165, 1.54) is 0 Å². The van der Waals surface area contributed by atoms with Gasteiger partial charge < -0.3 is 29.6 Å². The summed E-state index contributed by atoms with van der Waals surface area (Å²) >= 11 is 0. The average Bonchev–Trinajstić information content (AvgIpc) is 3.11. The van der Waals surface area contributed by atoms with Crippen molar-refractivity contribution in [3.8, 4) is 0 Å². The van der Waals surface area contributed by atoms with E-state index in [1.807, 2.05) is 0 Å². The van der Waals surface area contributed by atoms with Gasteiger partial charge in [-0.1, -0.05) is 0 Å². The highest BCUT2D eigenvalue weighted by Gasteiger charge is 2.29. The SMILES string of the molecule is CCOC(=O)c1c(CC(=O)NCC(CCCO)CN2CCOCC2)[nH]c(C(=O)OC(C)(C)C)c1C. The molecule has 0 spiro atoms. The molecule has 2 rings (SSSR count). The van der Waals surface area contributed by atoms with E-state index in [0.717, 1.165) is 26.1 Å². The Morgan fingerprint density at radius 3 is 2.49 bits per heavy atom. The molecule has 1 atom stereocenters. The monoisotopic (exact) mass is 495 g/mol. The van der Waals surface area contributed by atoms with Gasteiger partial charge in [-0.3, -0.25) is 9.69 Å². The fourth-order valence-electron chi connectivity index (χ4n) is 4.07. The Morgan fingerprint density at radius 2 is 1.89 bits per heavy atom. The van der Waals surface area contributed by atoms with Crippen LogP contribution in [-0.2, 0) is 25.4 Å². The molecule has 198 valence electrons. The number of aromatic amines is 1. The number of nitrogens with one attached hydrogen (secondary N) is 2. The standard InChI is InChI=1S/C25H41N3O7/c1-6-34-23(31)21-17(2)22(24(32)35-25(3,4)5)27-19(21)14-20(30)26-15-18(8-7-11-29)16-28-9-12-33-13-10-28/h18,27,29H,6-16H2,1-5H3,(H,26,30). The van der Waals surface area contributed by atoms with Crippen molar-refractivity contribution < 1.29 is 33.7 Å². The number of rotatable bonds is 12. The number of aliphatic hydroxyl groups excluding tert-OH is 1. The number of H-pyrrole nitrogens is 1. The molecule has 0 aliphatic carbocycles. The highest BCUT2D eigenvalue weighted by Crippen LogP contribution is 2.23. The van der Waals surface area contributed by atoms with Gasteiger partial charge >= 0.3 is 11.9 Å². The number of carbonyl (C=O) groups is 3. The Kier molecular flexibility index (Phi) is 11.2. The Labute approximate surface area is 207 Å². The van der Waals surface area contributed by atoms with Crippen molar-refractivity contribution in [1.82, 2.24) is 15.2 Å². The summed E-state index contributed by atoms with van der Waals surface area (Å²) in [6.07, 6.45) is 1.33. The average molecular weight is 496 g/mol. The van der Waals surface area contributed by atoms with Crippen molar-refractivity contribution in [2.75, 3.05) is 52.6 Å². The van der Waals surface area contributed by atoms with Gasteiger partial charge in [0.15, 0.2) is 0 Å². The topological polar surface area (TPSA) is 130 Å². The zero-order valence-corrected chi connectivity index (χ0v) is 21.7. The van der Waals surface area contributed by atoms with Crippen LogP contribution in [0.4, 0.5) is 0 Å². The van der Waals surface area contributed by atoms with Gasteiger partial charge in [0.25, 0.3) is 0 Å². The minimum atomic E-state index is -0.708. The predicted octanol–water partition coefficient (Wildman–Crippen LogP) is 1.83. The molecule has 1 aromatic rings. The fraction of sp³-hybridized carbons (Fsp3) is 0.720. The third-order valence-corrected chi connectivity index (χ3v) is 5.73. The minimum absolute atomic E-state index is 0.103. The summed E-state index contributed by atoms with van der Waals surface area (Å²) < 4.78 is 16.0. The van der Waals surface area contributed by atoms with Gasteiger partial charge in [0.2, 0.25) is 5.91 Å². The smallest absolute Gasteiger partial charge is 0.355 e. The summed E-state index contributed by atoms with van der Waals surface area (Å²) in [6.45, 7) is 13.2. The molecule has 1 amide bonds. The van der Waals surface area contributed by atoms with E-state index in [2.05, 4.69) is 15.2 Å². The van der Waals surface area contributed by atoms with Crippen LogP contribution in [0.1, 0.15) is 72.6 Å². The van der Waals surface area contributed by atoms with Crippen molar-refractivity contribution in [2.45, 2.75) is 59.5 Å². The van der Waals surface area contributed by atoms with E-state index in [-0.39, 0.29) is 42.7 Å². The van der Waals surface area contributed by atoms with Gasteiger partial charge in [-0.05, 0) is 58.9 Å². The minimum Gasteiger partial charge on any atom is -0.462 e. The quantitative estimate of drug-likeness (QED) is 0.375. The normalized spacial score (nSPS) is 15.5. The molecule has 1 saturated heterocycles. The lowest BCUT2D eigenvalue weighted by Gasteiger charge is -2.30. The number of ether oxygens (including phenoxy) is 3. The number of morpholine rings is 1. The van der Waals surface area contributed by atoms with Crippen LogP contribution in [0.3, 0.4) is 0 Å². The lowest BCUT2D eigenvalue weighted by Crippen LogP contribution is -2.42. The zero-order chi connectivity index (χ0) is 26.0. The lowest BCUT2D eigenvalue weighted by atomic mass is 10.0. The molecule has 1 aliphatic rings. The zero-order valence-electron chi connectivity index (χ0n) is 21.7. The van der Waals surface area contributed by atoms with Crippen LogP contribution in [0.15, 0.2) is 0 Å². The third-order valence-electron chi connectivity index (χ3n) is 5.73. The van der Waals surface area contributed by atoms with E-state index >= 15 is 0 Å². The van der Waals surface area contributed by atoms with Gasteiger partial charge in [0.05, 0.1) is 31.8 Å². The van der Waals surface area contributed by atoms with Gasteiger partial charge in [-0.25, -0.2) is 9.59 Å². The second kappa shape index (κ2) is 13.6. The van der Waals surface area contributed by atoms with Gasteiger partial charge in [0.1, 0.15) is 11.3 Å². The summed E-state index contributed by atoms with van der Waals surface area (Å²) in [5.74, 6) is -1.28. The molecular formula is C25H41N3O7. The molecule has 3 N–H and O–H groups in total. The number of amides is 1. The molecule has 1 unspecified atom stereocenters. The molecule has 0 saturated carbocycles. The molecular weight excluding hydrogens is 454 g/mol. The van der Waals surface area contributed by atoms with Gasteiger partial charge in [0, 0.05) is 38.5 Å². The highest BCUT2D eigenvalue weighted by molar-refractivity contribution is 5.99. The maximum atomic E-state index is 12.9. The predicted molar refractivity (Wildman–Crippen MR) is 130 cm³/mol. The van der Waals surface area contributed by atoms with Crippen LogP contribution in [0, 0.1) is 12.8 Å². The first-order valence-electron chi connectivity index (χ1n) is 12.3. The first-order valence-corrected chi connectivity index (χ1v) is 12.3. The first-order chi connectivity index (χ1) is 16.6. The summed E-state index contributed by atoms with van der Waals surface area (Å²) in [6, 6.07) is 0. The molecule has 10 nitrogen and oxygen atoms in total. The molecule has 0 radical (unpaired) electrons. The fourth-order valence-corrected chi connectivity index (χ4v) is 4.07. The number of hydrogen-bond donors (Lipinski definition) is 3. The first kappa shape index (κ1) is 28.8. The van der Waals surface area contributed by atoms with Crippen molar-refractivity contribution in [3.63, 3.8) is 0 Å². The lowest BCUT2D eigenvalue weighted by molar-refractivity contribution is -0.120. The van der Waals surface area contributed by atoms with Crippen LogP contribution in [0.25, 0.3) is 0 Å². The molecule has 0 aromatic carbocycles. The maximum Gasteiger partial charge on any atom is 0.355 e. The van der Waals surface area contributed by atoms with E-state index in [4.69, 9.17) is 14.2 Å². The number of aliphatic hydroxyl groups is 1. The third kappa shape index (κ3) is 9.27. The molecule has 1 aromatic heterocycles. The summed E-state index contributed by atoms with van der Waals surface area (Å²) in [5, 5.41) is 12.2. The summed E-state index contributed by atoms with van der Waals surface area (Å²) in [5.41, 5.74) is 0.334. The second-order valence-corrected chi connectivity index (χ2v) is 9.83. The van der Waals surface area contributed by atoms with E-state index in [9.17, 15) is 19.5 Å². The van der Waals surface area contributed by atoms with Crippen molar-refractivity contribution in [2.24, 2.45) is 5.92 Å². The van der Waals surface area contributed by atoms with Gasteiger partial charge in [-0.2, -0.15) is 0 Å². The van der Waals surface area contributed by atoms with Crippen molar-refractivity contribution >= 4 is 17.8 Å². The Bertz CT molecular complexity index is 854. The molecule has 10 heteroatoms. The number of carbonyl (C=O) groups excluding carboxylic acids is 3. The van der Waals surface area contributed by atoms with E-state index in [1.54, 1.807) is 34.6 Å². The van der Waals surface area contributed by atoms with Crippen LogP contribution in [0.2, 0.25) is 0 Å². The van der Waals surface area contributed by atoms with E-state index < -0.39 is 17.5 Å². The van der Waals surface area contributed by atoms with Gasteiger partial charge in [-0.15, -0.1) is 0 Å². The number of aromatic nitrogens is 1. The Balaban J connectivity index is 2.12. The summed E-state index contributed by atoms with van der Waals surface area (Å²) in [7, 11) is 0. The largest absolute Gasteiger partial charge is 0.462 e. The van der Waals surface area contributed by atoms with E-state index in [0.29, 0.717) is 37.4 Å². The van der Waals surface area contributed by atoms with Crippen molar-refractivity contribution in [3.05, 3.63) is 22.5 Å². The molecule has 1 aliphatic heterocycles. The number of nitrogens with zero attached hydrogens (tertiary/aromatic N) is 1. The molecule has 0 bridgehead atoms. The second-order valence-electron chi connectivity index (χ2n) is 9.83. The van der Waals surface area contributed by atoms with Crippen LogP contribution in [0.5, 0.6) is 0 Å². The van der Waals surface area contributed by atoms with Crippen LogP contribution < -0.4 is 5.32 Å². The Morgan fingerprint density at radius 1 is 1.20 bits per heavy atom. The van der Waals surface area contributed by atoms with Crippen LogP contribution in [-0.4, -0.2) is 91.0 Å².